The molecule has 11 heteroatoms. The van der Waals surface area contributed by atoms with E-state index in [1.165, 1.54) is 18.2 Å². The number of nitrogens with zero attached hydrogens (tertiary/aromatic N) is 1. The Morgan fingerprint density at radius 1 is 1.06 bits per heavy atom. The molecule has 2 aromatic carbocycles. The fraction of sp³-hybridized carbons (Fsp3) is 0.292. The highest BCUT2D eigenvalue weighted by atomic mass is 19.4. The number of alkyl halides is 3. The quantitative estimate of drug-likeness (QED) is 0.456. The standard InChI is InChI=1S/C24H24F3N3O5/c1-3-34-23(33)29-18-8-9-19-17(10-21(31)35-20(19)11-18)13-30(2)12-15-4-6-16(7-5-15)22(32)28-14-24(25,26)27/h4-11H,3,12-14H2,1-2H3,(H,28,32)(H,29,33). The minimum atomic E-state index is -4.48. The maximum Gasteiger partial charge on any atom is 0.411 e. The lowest BCUT2D eigenvalue weighted by Crippen LogP contribution is -2.33. The zero-order chi connectivity index (χ0) is 25.6. The van der Waals surface area contributed by atoms with Gasteiger partial charge in [0.2, 0.25) is 0 Å². The van der Waals surface area contributed by atoms with Crippen LogP contribution in [0.15, 0.2) is 57.7 Å². The van der Waals surface area contributed by atoms with Gasteiger partial charge in [-0.1, -0.05) is 12.1 Å². The monoisotopic (exact) mass is 491 g/mol. The molecule has 0 unspecified atom stereocenters. The molecule has 3 aromatic rings. The van der Waals surface area contributed by atoms with Crippen LogP contribution in [0.4, 0.5) is 23.7 Å². The SMILES string of the molecule is CCOC(=O)Nc1ccc2c(CN(C)Cc3ccc(C(=O)NCC(F)(F)F)cc3)cc(=O)oc2c1. The molecule has 0 bridgehead atoms. The van der Waals surface area contributed by atoms with Crippen molar-refractivity contribution < 1.29 is 31.9 Å². The van der Waals surface area contributed by atoms with E-state index in [-0.39, 0.29) is 12.2 Å². The van der Waals surface area contributed by atoms with Gasteiger partial charge in [0.05, 0.1) is 6.61 Å². The normalized spacial score (nSPS) is 11.5. The lowest BCUT2D eigenvalue weighted by Gasteiger charge is -2.18. The molecule has 1 heterocycles. The highest BCUT2D eigenvalue weighted by Gasteiger charge is 2.27. The van der Waals surface area contributed by atoms with Crippen LogP contribution in [0.25, 0.3) is 11.0 Å². The summed E-state index contributed by atoms with van der Waals surface area (Å²) < 4.78 is 46.9. The second kappa shape index (κ2) is 11.0. The topological polar surface area (TPSA) is 101 Å². The Bertz CT molecular complexity index is 1260. The minimum absolute atomic E-state index is 0.125. The number of amides is 2. The largest absolute Gasteiger partial charge is 0.450 e. The van der Waals surface area contributed by atoms with Gasteiger partial charge in [-0.05, 0) is 49.4 Å². The number of benzene rings is 2. The van der Waals surface area contributed by atoms with Crippen LogP contribution in [-0.2, 0) is 17.8 Å². The van der Waals surface area contributed by atoms with Crippen molar-refractivity contribution in [2.24, 2.45) is 0 Å². The maximum absolute atomic E-state index is 12.3. The highest BCUT2D eigenvalue weighted by molar-refractivity contribution is 5.94. The number of anilines is 1. The molecular formula is C24H24F3N3O5. The van der Waals surface area contributed by atoms with Crippen LogP contribution in [-0.4, -0.2) is 43.3 Å². The molecule has 0 atom stereocenters. The van der Waals surface area contributed by atoms with Gasteiger partial charge in [-0.3, -0.25) is 15.0 Å². The predicted molar refractivity (Wildman–Crippen MR) is 123 cm³/mol. The van der Waals surface area contributed by atoms with Crippen molar-refractivity contribution in [3.63, 3.8) is 0 Å². The van der Waals surface area contributed by atoms with E-state index in [9.17, 15) is 27.6 Å². The number of hydrogen-bond donors (Lipinski definition) is 2. The summed E-state index contributed by atoms with van der Waals surface area (Å²) in [6.07, 6.45) is -5.09. The molecule has 0 saturated carbocycles. The van der Waals surface area contributed by atoms with Crippen LogP contribution in [0.2, 0.25) is 0 Å². The molecular weight excluding hydrogens is 467 g/mol. The highest BCUT2D eigenvalue weighted by Crippen LogP contribution is 2.23. The third kappa shape index (κ3) is 7.57. The number of hydrogen-bond acceptors (Lipinski definition) is 6. The fourth-order valence-electron chi connectivity index (χ4n) is 3.43. The van der Waals surface area contributed by atoms with Crippen molar-refractivity contribution in [2.75, 3.05) is 25.5 Å². The van der Waals surface area contributed by atoms with Crippen molar-refractivity contribution in [3.05, 3.63) is 75.6 Å². The molecule has 35 heavy (non-hydrogen) atoms. The number of fused-ring (bicyclic) bond motifs is 1. The number of nitrogens with one attached hydrogen (secondary N) is 2. The molecule has 0 saturated heterocycles. The Balaban J connectivity index is 1.68. The summed E-state index contributed by atoms with van der Waals surface area (Å²) in [7, 11) is 1.83. The van der Waals surface area contributed by atoms with Gasteiger partial charge in [0.15, 0.2) is 0 Å². The van der Waals surface area contributed by atoms with Crippen LogP contribution < -0.4 is 16.3 Å². The summed E-state index contributed by atoms with van der Waals surface area (Å²) in [6.45, 7) is 1.36. The van der Waals surface area contributed by atoms with Gasteiger partial charge in [-0.2, -0.15) is 13.2 Å². The molecule has 8 nitrogen and oxygen atoms in total. The van der Waals surface area contributed by atoms with Crippen molar-refractivity contribution in [2.45, 2.75) is 26.2 Å². The molecule has 0 radical (unpaired) electrons. The van der Waals surface area contributed by atoms with E-state index in [1.807, 2.05) is 17.3 Å². The molecule has 0 aliphatic rings. The van der Waals surface area contributed by atoms with Crippen LogP contribution in [0.3, 0.4) is 0 Å². The van der Waals surface area contributed by atoms with E-state index >= 15 is 0 Å². The summed E-state index contributed by atoms with van der Waals surface area (Å²) in [5.41, 5.74) is 1.86. The van der Waals surface area contributed by atoms with Gasteiger partial charge in [0, 0.05) is 41.9 Å². The first-order valence-electron chi connectivity index (χ1n) is 10.7. The van der Waals surface area contributed by atoms with Crippen molar-refractivity contribution >= 4 is 28.7 Å². The summed E-state index contributed by atoms with van der Waals surface area (Å²) in [5.74, 6) is -0.804. The van der Waals surface area contributed by atoms with Gasteiger partial charge in [-0.15, -0.1) is 0 Å². The zero-order valence-corrected chi connectivity index (χ0v) is 19.1. The number of rotatable bonds is 8. The molecule has 2 N–H and O–H groups in total. The molecule has 186 valence electrons. The van der Waals surface area contributed by atoms with Gasteiger partial charge in [0.25, 0.3) is 5.91 Å². The number of carbonyl (C=O) groups is 2. The fourth-order valence-corrected chi connectivity index (χ4v) is 3.43. The van der Waals surface area contributed by atoms with E-state index in [0.29, 0.717) is 35.3 Å². The third-order valence-corrected chi connectivity index (χ3v) is 4.91. The summed E-state index contributed by atoms with van der Waals surface area (Å²) in [4.78, 5) is 37.5. The van der Waals surface area contributed by atoms with Crippen molar-refractivity contribution in [1.82, 2.24) is 10.2 Å². The average molecular weight is 491 g/mol. The molecule has 1 aromatic heterocycles. The van der Waals surface area contributed by atoms with Crippen LogP contribution in [0.1, 0.15) is 28.4 Å². The van der Waals surface area contributed by atoms with Gasteiger partial charge < -0.3 is 14.5 Å². The van der Waals surface area contributed by atoms with Crippen LogP contribution in [0.5, 0.6) is 0 Å². The third-order valence-electron chi connectivity index (χ3n) is 4.91. The minimum Gasteiger partial charge on any atom is -0.450 e. The summed E-state index contributed by atoms with van der Waals surface area (Å²) in [6, 6.07) is 12.6. The molecule has 0 spiro atoms. The first-order valence-corrected chi connectivity index (χ1v) is 10.7. The van der Waals surface area contributed by atoms with Gasteiger partial charge in [0.1, 0.15) is 12.1 Å². The molecule has 0 fully saturated rings. The Morgan fingerprint density at radius 3 is 2.43 bits per heavy atom. The summed E-state index contributed by atoms with van der Waals surface area (Å²) in [5, 5.41) is 5.09. The average Bonchev–Trinajstić information content (AvgIpc) is 2.77. The first kappa shape index (κ1) is 25.8. The lowest BCUT2D eigenvalue weighted by molar-refractivity contribution is -0.123. The van der Waals surface area contributed by atoms with Gasteiger partial charge >= 0.3 is 17.9 Å². The lowest BCUT2D eigenvalue weighted by atomic mass is 10.1. The van der Waals surface area contributed by atoms with E-state index < -0.39 is 30.3 Å². The number of ether oxygens (including phenoxy) is 1. The molecule has 2 amide bonds. The van der Waals surface area contributed by atoms with E-state index in [1.54, 1.807) is 37.3 Å². The number of halogens is 3. The Labute approximate surface area is 198 Å². The Morgan fingerprint density at radius 2 is 1.77 bits per heavy atom. The maximum atomic E-state index is 12.3. The van der Waals surface area contributed by atoms with Crippen molar-refractivity contribution in [1.29, 1.82) is 0 Å². The zero-order valence-electron chi connectivity index (χ0n) is 19.1. The Kier molecular flexibility index (Phi) is 8.13. The number of carbonyl (C=O) groups excluding carboxylic acids is 2. The molecule has 0 aliphatic carbocycles. The second-order valence-corrected chi connectivity index (χ2v) is 7.81. The Hall–Kier alpha value is -3.86. The summed E-state index contributed by atoms with van der Waals surface area (Å²) >= 11 is 0. The van der Waals surface area contributed by atoms with Crippen LogP contribution in [0, 0.1) is 0 Å². The smallest absolute Gasteiger partial charge is 0.411 e. The first-order chi connectivity index (χ1) is 16.5. The van der Waals surface area contributed by atoms with E-state index in [2.05, 4.69) is 5.32 Å². The van der Waals surface area contributed by atoms with Gasteiger partial charge in [-0.25, -0.2) is 9.59 Å². The second-order valence-electron chi connectivity index (χ2n) is 7.81. The predicted octanol–water partition coefficient (Wildman–Crippen LogP) is 4.29. The van der Waals surface area contributed by atoms with Crippen molar-refractivity contribution in [3.8, 4) is 0 Å². The van der Waals surface area contributed by atoms with Crippen LogP contribution >= 0.6 is 0 Å². The molecule has 0 aliphatic heterocycles. The van der Waals surface area contributed by atoms with E-state index in [0.717, 1.165) is 5.56 Å². The van der Waals surface area contributed by atoms with E-state index in [4.69, 9.17) is 9.15 Å². The molecule has 3 rings (SSSR count).